The van der Waals surface area contributed by atoms with Gasteiger partial charge in [0.1, 0.15) is 11.5 Å². The monoisotopic (exact) mass is 490 g/mol. The Morgan fingerprint density at radius 3 is 2.85 bits per heavy atom. The quantitative estimate of drug-likeness (QED) is 0.540. The second-order valence-corrected chi connectivity index (χ2v) is 10.0. The van der Waals surface area contributed by atoms with Gasteiger partial charge in [0.15, 0.2) is 12.2 Å². The summed E-state index contributed by atoms with van der Waals surface area (Å²) in [5, 5.41) is 1.25. The molecule has 10 heteroatoms. The number of nitrogens with zero attached hydrogens (tertiary/aromatic N) is 4. The minimum Gasteiger partial charge on any atom is -0.443 e. The van der Waals surface area contributed by atoms with E-state index in [-0.39, 0.29) is 18.4 Å². The van der Waals surface area contributed by atoms with Gasteiger partial charge < -0.3 is 4.42 Å². The number of hydrogen-bond acceptors (Lipinski definition) is 6. The summed E-state index contributed by atoms with van der Waals surface area (Å²) >= 11 is 0. The smallest absolute Gasteiger partial charge is 0.258 e. The molecular weight excluding hydrogens is 467 g/mol. The van der Waals surface area contributed by atoms with Gasteiger partial charge in [-0.05, 0) is 56.2 Å². The fourth-order valence-corrected chi connectivity index (χ4v) is 6.47. The molecule has 0 unspecified atom stereocenters. The molecule has 4 heterocycles. The van der Waals surface area contributed by atoms with E-state index in [1.807, 2.05) is 12.1 Å². The lowest BCUT2D eigenvalue weighted by molar-refractivity contribution is 0.118. The van der Waals surface area contributed by atoms with Crippen molar-refractivity contribution in [3.63, 3.8) is 0 Å². The summed E-state index contributed by atoms with van der Waals surface area (Å²) in [7, 11) is -3.67. The van der Waals surface area contributed by atoms with Crippen LogP contribution in [0.5, 0.6) is 0 Å². The summed E-state index contributed by atoms with van der Waals surface area (Å²) in [6, 6.07) is 9.61. The Morgan fingerprint density at radius 1 is 1.27 bits per heavy atom. The van der Waals surface area contributed by atoms with Crippen LogP contribution in [-0.4, -0.2) is 41.4 Å². The maximum absolute atomic E-state index is 13.9. The maximum Gasteiger partial charge on any atom is 0.258 e. The minimum atomic E-state index is -3.67. The zero-order chi connectivity index (χ0) is 22.3. The summed E-state index contributed by atoms with van der Waals surface area (Å²) in [5.74, 6) is 0.231. The predicted molar refractivity (Wildman–Crippen MR) is 126 cm³/mol. The molecule has 1 spiro atoms. The van der Waals surface area contributed by atoms with E-state index >= 15 is 0 Å². The molecular formula is C23H24ClFN4O3S. The maximum atomic E-state index is 13.9. The number of oxazole rings is 1. The molecule has 33 heavy (non-hydrogen) atoms. The first-order chi connectivity index (χ1) is 15.4. The number of rotatable bonds is 4. The number of likely N-dealkylation sites (tertiary alicyclic amines) is 1. The van der Waals surface area contributed by atoms with E-state index in [1.165, 1.54) is 34.3 Å². The molecule has 2 aromatic heterocycles. The molecule has 0 amide bonds. The Bertz CT molecular complexity index is 1270. The Labute approximate surface area is 198 Å². The van der Waals surface area contributed by atoms with Crippen LogP contribution >= 0.6 is 12.4 Å². The van der Waals surface area contributed by atoms with Crippen LogP contribution in [0.3, 0.4) is 0 Å². The van der Waals surface area contributed by atoms with Gasteiger partial charge in [-0.15, -0.1) is 12.4 Å². The SMILES string of the molecule is C[C@H]1C[C@@]2(C=CS(=O)(=O)N2c2cccc(F)c2)CCN1Cc1ncoc1-c1cccnc1.Cl. The molecule has 0 aliphatic carbocycles. The van der Waals surface area contributed by atoms with Crippen LogP contribution in [0.15, 0.2) is 71.1 Å². The van der Waals surface area contributed by atoms with Crippen molar-refractivity contribution in [1.82, 2.24) is 14.9 Å². The first kappa shape index (κ1) is 23.4. The van der Waals surface area contributed by atoms with Gasteiger partial charge in [-0.3, -0.25) is 14.2 Å². The van der Waals surface area contributed by atoms with Crippen LogP contribution in [0.2, 0.25) is 0 Å². The van der Waals surface area contributed by atoms with Crippen molar-refractivity contribution in [3.05, 3.63) is 78.2 Å². The summed E-state index contributed by atoms with van der Waals surface area (Å²) in [6.45, 7) is 3.31. The number of hydrogen-bond donors (Lipinski definition) is 0. The molecule has 2 atom stereocenters. The third-order valence-electron chi connectivity index (χ3n) is 6.27. The fourth-order valence-electron chi connectivity index (χ4n) is 4.78. The number of anilines is 1. The highest BCUT2D eigenvalue weighted by Crippen LogP contribution is 2.43. The summed E-state index contributed by atoms with van der Waals surface area (Å²) < 4.78 is 46.6. The van der Waals surface area contributed by atoms with Crippen molar-refractivity contribution >= 4 is 28.1 Å². The third kappa shape index (κ3) is 4.28. The lowest BCUT2D eigenvalue weighted by Gasteiger charge is -2.47. The van der Waals surface area contributed by atoms with E-state index in [2.05, 4.69) is 21.8 Å². The molecule has 1 aromatic carbocycles. The molecule has 0 N–H and O–H groups in total. The molecule has 0 radical (unpaired) electrons. The van der Waals surface area contributed by atoms with Crippen LogP contribution in [-0.2, 0) is 16.6 Å². The number of sulfonamides is 1. The zero-order valence-electron chi connectivity index (χ0n) is 18.0. The van der Waals surface area contributed by atoms with Gasteiger partial charge in [-0.25, -0.2) is 17.8 Å². The molecule has 7 nitrogen and oxygen atoms in total. The molecule has 1 saturated heterocycles. The van der Waals surface area contributed by atoms with Crippen molar-refractivity contribution < 1.29 is 17.2 Å². The van der Waals surface area contributed by atoms with E-state index in [1.54, 1.807) is 24.5 Å². The van der Waals surface area contributed by atoms with Crippen molar-refractivity contribution in [2.24, 2.45) is 0 Å². The topological polar surface area (TPSA) is 79.5 Å². The van der Waals surface area contributed by atoms with Crippen LogP contribution in [0.25, 0.3) is 11.3 Å². The number of aromatic nitrogens is 2. The summed E-state index contributed by atoms with van der Waals surface area (Å²) in [5.41, 5.74) is 1.32. The largest absolute Gasteiger partial charge is 0.443 e. The second-order valence-electron chi connectivity index (χ2n) is 8.34. The standard InChI is InChI=1S/C23H23FN4O3S.ClH/c1-17-13-23(8-11-32(29,30)28(23)20-6-2-5-19(24)12-20)7-10-27(17)15-21-22(31-16-26-21)18-4-3-9-25-14-18;/h2-6,8-9,11-12,14,16-17H,7,10,13,15H2,1H3;1H/t17-,23-;/m0./s1. The van der Waals surface area contributed by atoms with Gasteiger partial charge in [-0.1, -0.05) is 6.07 Å². The second kappa shape index (κ2) is 8.89. The highest BCUT2D eigenvalue weighted by atomic mass is 35.5. The zero-order valence-corrected chi connectivity index (χ0v) is 19.6. The minimum absolute atomic E-state index is 0. The van der Waals surface area contributed by atoms with Gasteiger partial charge >= 0.3 is 0 Å². The molecule has 2 aliphatic rings. The van der Waals surface area contributed by atoms with Crippen LogP contribution in [0, 0.1) is 5.82 Å². The number of pyridine rings is 1. The average molecular weight is 491 g/mol. The third-order valence-corrected chi connectivity index (χ3v) is 7.84. The van der Waals surface area contributed by atoms with E-state index in [0.29, 0.717) is 37.4 Å². The van der Waals surface area contributed by atoms with Crippen LogP contribution in [0.4, 0.5) is 10.1 Å². The molecule has 0 saturated carbocycles. The predicted octanol–water partition coefficient (Wildman–Crippen LogP) is 4.38. The van der Waals surface area contributed by atoms with Crippen LogP contribution < -0.4 is 4.31 Å². The van der Waals surface area contributed by atoms with Gasteiger partial charge in [-0.2, -0.15) is 0 Å². The first-order valence-corrected chi connectivity index (χ1v) is 12.0. The lowest BCUT2D eigenvalue weighted by atomic mass is 9.83. The first-order valence-electron chi connectivity index (χ1n) is 10.5. The van der Waals surface area contributed by atoms with E-state index in [0.717, 1.165) is 11.3 Å². The molecule has 1 fully saturated rings. The van der Waals surface area contributed by atoms with Crippen molar-refractivity contribution in [2.45, 2.75) is 37.9 Å². The Balaban J connectivity index is 0.00000259. The van der Waals surface area contributed by atoms with Crippen molar-refractivity contribution in [1.29, 1.82) is 0 Å². The Morgan fingerprint density at radius 2 is 2.12 bits per heavy atom. The molecule has 2 aliphatic heterocycles. The normalized spacial score (nSPS) is 24.2. The average Bonchev–Trinajstić information content (AvgIpc) is 3.33. The molecule has 3 aromatic rings. The highest BCUT2D eigenvalue weighted by molar-refractivity contribution is 7.96. The van der Waals surface area contributed by atoms with Gasteiger partial charge in [0.05, 0.1) is 11.2 Å². The fraction of sp³-hybridized carbons (Fsp3) is 0.304. The van der Waals surface area contributed by atoms with Crippen molar-refractivity contribution in [2.75, 3.05) is 10.8 Å². The van der Waals surface area contributed by atoms with E-state index in [9.17, 15) is 12.8 Å². The summed E-state index contributed by atoms with van der Waals surface area (Å²) in [4.78, 5) is 10.8. The summed E-state index contributed by atoms with van der Waals surface area (Å²) in [6.07, 6.45) is 7.82. The Kier molecular flexibility index (Phi) is 6.30. The van der Waals surface area contributed by atoms with E-state index in [4.69, 9.17) is 4.42 Å². The van der Waals surface area contributed by atoms with Gasteiger partial charge in [0, 0.05) is 42.5 Å². The highest BCUT2D eigenvalue weighted by Gasteiger charge is 2.49. The van der Waals surface area contributed by atoms with E-state index < -0.39 is 21.4 Å². The molecule has 5 rings (SSSR count). The number of halogens is 2. The Hall–Kier alpha value is -2.75. The number of benzene rings is 1. The van der Waals surface area contributed by atoms with Gasteiger partial charge in [0.25, 0.3) is 10.0 Å². The number of piperidine rings is 1. The molecule has 174 valence electrons. The van der Waals surface area contributed by atoms with Crippen LogP contribution in [0.1, 0.15) is 25.5 Å². The lowest BCUT2D eigenvalue weighted by Crippen LogP contribution is -2.56. The van der Waals surface area contributed by atoms with Crippen molar-refractivity contribution in [3.8, 4) is 11.3 Å². The van der Waals surface area contributed by atoms with Gasteiger partial charge in [0.2, 0.25) is 0 Å². The molecule has 0 bridgehead atoms.